The number of rotatable bonds is 4. The van der Waals surface area contributed by atoms with Crippen LogP contribution >= 0.6 is 0 Å². The molecule has 19 heavy (non-hydrogen) atoms. The van der Waals surface area contributed by atoms with E-state index in [1.165, 1.54) is 0 Å². The number of nitrogens with one attached hydrogen (secondary N) is 1. The summed E-state index contributed by atoms with van der Waals surface area (Å²) in [7, 11) is 0. The second kappa shape index (κ2) is 5.45. The largest absolute Gasteiger partial charge is 0.507 e. The van der Waals surface area contributed by atoms with E-state index in [0.717, 1.165) is 28.1 Å². The van der Waals surface area contributed by atoms with Crippen LogP contribution in [0.1, 0.15) is 41.1 Å². The van der Waals surface area contributed by atoms with Crippen LogP contribution in [0.2, 0.25) is 0 Å². The third kappa shape index (κ3) is 2.79. The molecule has 1 heterocycles. The number of para-hydroxylation sites is 1. The van der Waals surface area contributed by atoms with Gasteiger partial charge in [0.1, 0.15) is 11.5 Å². The van der Waals surface area contributed by atoms with Gasteiger partial charge in [0.2, 0.25) is 0 Å². The molecule has 0 aliphatic carbocycles. The maximum atomic E-state index is 9.98. The van der Waals surface area contributed by atoms with Crippen LogP contribution in [0, 0.1) is 20.8 Å². The van der Waals surface area contributed by atoms with Crippen molar-refractivity contribution >= 4 is 0 Å². The van der Waals surface area contributed by atoms with E-state index in [1.807, 2.05) is 39.0 Å². The number of phenols is 1. The number of hydrogen-bond donors (Lipinski definition) is 2. The van der Waals surface area contributed by atoms with Crippen molar-refractivity contribution in [3.05, 3.63) is 46.3 Å². The monoisotopic (exact) mass is 260 g/mol. The molecule has 0 spiro atoms. The van der Waals surface area contributed by atoms with Gasteiger partial charge in [0.15, 0.2) is 0 Å². The minimum absolute atomic E-state index is 0.131. The zero-order valence-electron chi connectivity index (χ0n) is 11.8. The molecule has 1 aromatic heterocycles. The fourth-order valence-electron chi connectivity index (χ4n) is 2.34. The van der Waals surface area contributed by atoms with Crippen molar-refractivity contribution in [3.63, 3.8) is 0 Å². The number of aromatic nitrogens is 1. The van der Waals surface area contributed by atoms with E-state index < -0.39 is 0 Å². The van der Waals surface area contributed by atoms with Crippen LogP contribution in [0.15, 0.2) is 22.7 Å². The summed E-state index contributed by atoms with van der Waals surface area (Å²) in [5, 5.41) is 17.3. The van der Waals surface area contributed by atoms with Gasteiger partial charge in [0.25, 0.3) is 0 Å². The Morgan fingerprint density at radius 1 is 1.32 bits per heavy atom. The Balaban J connectivity index is 2.09. The van der Waals surface area contributed by atoms with Crippen LogP contribution in [-0.2, 0) is 6.54 Å². The van der Waals surface area contributed by atoms with E-state index in [2.05, 4.69) is 17.4 Å². The third-order valence-corrected chi connectivity index (χ3v) is 3.44. The molecule has 4 nitrogen and oxygen atoms in total. The maximum Gasteiger partial charge on any atom is 0.138 e. The van der Waals surface area contributed by atoms with Gasteiger partial charge in [-0.1, -0.05) is 23.4 Å². The molecule has 2 N–H and O–H groups in total. The van der Waals surface area contributed by atoms with Crippen molar-refractivity contribution in [2.45, 2.75) is 40.3 Å². The summed E-state index contributed by atoms with van der Waals surface area (Å²) in [6.07, 6.45) is 0. The molecular formula is C15H20N2O2. The lowest BCUT2D eigenvalue weighted by atomic mass is 10.1. The first-order valence-electron chi connectivity index (χ1n) is 6.44. The zero-order chi connectivity index (χ0) is 14.0. The second-order valence-electron chi connectivity index (χ2n) is 4.92. The molecule has 0 saturated carbocycles. The topological polar surface area (TPSA) is 58.3 Å². The van der Waals surface area contributed by atoms with Crippen molar-refractivity contribution in [3.8, 4) is 5.75 Å². The highest BCUT2D eigenvalue weighted by Crippen LogP contribution is 2.24. The van der Waals surface area contributed by atoms with Crippen molar-refractivity contribution in [2.75, 3.05) is 0 Å². The first-order valence-corrected chi connectivity index (χ1v) is 6.44. The predicted molar refractivity (Wildman–Crippen MR) is 74.1 cm³/mol. The lowest BCUT2D eigenvalue weighted by Gasteiger charge is -2.15. The molecule has 0 amide bonds. The zero-order valence-corrected chi connectivity index (χ0v) is 11.8. The maximum absolute atomic E-state index is 9.98. The minimum Gasteiger partial charge on any atom is -0.507 e. The van der Waals surface area contributed by atoms with E-state index in [-0.39, 0.29) is 6.04 Å². The summed E-state index contributed by atoms with van der Waals surface area (Å²) in [6, 6.07) is 5.91. The highest BCUT2D eigenvalue weighted by Gasteiger charge is 2.16. The molecule has 2 aromatic rings. The van der Waals surface area contributed by atoms with E-state index in [9.17, 15) is 5.11 Å². The number of aryl methyl sites for hydroxylation is 3. The minimum atomic E-state index is 0.131. The highest BCUT2D eigenvalue weighted by atomic mass is 16.5. The quantitative estimate of drug-likeness (QED) is 0.886. The molecule has 1 atom stereocenters. The summed E-state index contributed by atoms with van der Waals surface area (Å²) >= 11 is 0. The molecule has 102 valence electrons. The first-order chi connectivity index (χ1) is 9.00. The third-order valence-electron chi connectivity index (χ3n) is 3.44. The fourth-order valence-corrected chi connectivity index (χ4v) is 2.34. The molecule has 1 unspecified atom stereocenters. The molecular weight excluding hydrogens is 240 g/mol. The van der Waals surface area contributed by atoms with Crippen LogP contribution in [0.5, 0.6) is 5.75 Å². The van der Waals surface area contributed by atoms with Gasteiger partial charge < -0.3 is 14.9 Å². The van der Waals surface area contributed by atoms with Crippen molar-refractivity contribution in [2.24, 2.45) is 0 Å². The molecule has 2 rings (SSSR count). The lowest BCUT2D eigenvalue weighted by molar-refractivity contribution is 0.390. The summed E-state index contributed by atoms with van der Waals surface area (Å²) in [6.45, 7) is 8.43. The van der Waals surface area contributed by atoms with Crippen LogP contribution in [-0.4, -0.2) is 10.3 Å². The van der Waals surface area contributed by atoms with Gasteiger partial charge in [-0.05, 0) is 33.3 Å². The second-order valence-corrected chi connectivity index (χ2v) is 4.92. The van der Waals surface area contributed by atoms with Crippen molar-refractivity contribution in [1.29, 1.82) is 0 Å². The number of benzene rings is 1. The molecule has 0 bridgehead atoms. The Bertz CT molecular complexity index is 556. The first kappa shape index (κ1) is 13.6. The lowest BCUT2D eigenvalue weighted by Crippen LogP contribution is -2.19. The van der Waals surface area contributed by atoms with Gasteiger partial charge in [-0.25, -0.2) is 0 Å². The smallest absolute Gasteiger partial charge is 0.138 e. The molecule has 0 aliphatic heterocycles. The Kier molecular flexibility index (Phi) is 3.90. The summed E-state index contributed by atoms with van der Waals surface area (Å²) in [5.74, 6) is 1.20. The van der Waals surface area contributed by atoms with E-state index >= 15 is 0 Å². The van der Waals surface area contributed by atoms with E-state index in [1.54, 1.807) is 0 Å². The van der Waals surface area contributed by atoms with Gasteiger partial charge in [-0.15, -0.1) is 0 Å². The van der Waals surface area contributed by atoms with Crippen molar-refractivity contribution in [1.82, 2.24) is 10.5 Å². The summed E-state index contributed by atoms with van der Waals surface area (Å²) in [5.41, 5.74) is 3.79. The Hall–Kier alpha value is -1.81. The number of aromatic hydroxyl groups is 1. The van der Waals surface area contributed by atoms with Crippen LogP contribution in [0.4, 0.5) is 0 Å². The van der Waals surface area contributed by atoms with E-state index in [0.29, 0.717) is 12.3 Å². The summed E-state index contributed by atoms with van der Waals surface area (Å²) in [4.78, 5) is 0. The molecule has 0 fully saturated rings. The van der Waals surface area contributed by atoms with Gasteiger partial charge in [0, 0.05) is 23.7 Å². The van der Waals surface area contributed by atoms with Crippen LogP contribution in [0.3, 0.4) is 0 Å². The van der Waals surface area contributed by atoms with E-state index in [4.69, 9.17) is 4.52 Å². The number of nitrogens with zero attached hydrogens (tertiary/aromatic N) is 1. The average Bonchev–Trinajstić information content (AvgIpc) is 2.71. The van der Waals surface area contributed by atoms with Crippen LogP contribution in [0.25, 0.3) is 0 Å². The Morgan fingerprint density at radius 3 is 2.68 bits per heavy atom. The van der Waals surface area contributed by atoms with Gasteiger partial charge in [0.05, 0.1) is 5.69 Å². The van der Waals surface area contributed by atoms with Gasteiger partial charge in [-0.3, -0.25) is 0 Å². The number of phenolic OH excluding ortho intramolecular Hbond substituents is 1. The Morgan fingerprint density at radius 2 is 2.05 bits per heavy atom. The molecule has 4 heteroatoms. The number of hydrogen-bond acceptors (Lipinski definition) is 4. The average molecular weight is 260 g/mol. The summed E-state index contributed by atoms with van der Waals surface area (Å²) < 4.78 is 5.17. The van der Waals surface area contributed by atoms with Gasteiger partial charge in [-0.2, -0.15) is 0 Å². The molecule has 0 radical (unpaired) electrons. The molecule has 0 aliphatic rings. The predicted octanol–water partition coefficient (Wildman–Crippen LogP) is 3.16. The fraction of sp³-hybridized carbons (Fsp3) is 0.400. The van der Waals surface area contributed by atoms with Gasteiger partial charge >= 0.3 is 0 Å². The molecule has 1 aromatic carbocycles. The normalized spacial score (nSPS) is 12.6. The Labute approximate surface area is 113 Å². The van der Waals surface area contributed by atoms with Crippen LogP contribution < -0.4 is 5.32 Å². The highest BCUT2D eigenvalue weighted by molar-refractivity contribution is 5.39. The SMILES string of the molecule is Cc1cccc(CNC(C)c2c(C)noc2C)c1O. The standard InChI is InChI=1S/C15H20N2O2/c1-9-6-5-7-13(15(9)18)8-16-10(2)14-11(3)17-19-12(14)4/h5-7,10,16,18H,8H2,1-4H3. The van der Waals surface area contributed by atoms with Crippen molar-refractivity contribution < 1.29 is 9.63 Å². The molecule has 0 saturated heterocycles.